The third kappa shape index (κ3) is 2.25. The highest BCUT2D eigenvalue weighted by molar-refractivity contribution is 8.00. The van der Waals surface area contributed by atoms with Crippen molar-refractivity contribution < 1.29 is 5.11 Å². The van der Waals surface area contributed by atoms with Gasteiger partial charge in [0.25, 0.3) is 5.56 Å². The van der Waals surface area contributed by atoms with Gasteiger partial charge in [-0.2, -0.15) is 9.52 Å². The summed E-state index contributed by atoms with van der Waals surface area (Å²) in [7, 11) is 0. The van der Waals surface area contributed by atoms with E-state index in [9.17, 15) is 9.90 Å². The van der Waals surface area contributed by atoms with E-state index in [0.29, 0.717) is 5.39 Å². The monoisotopic (exact) mass is 363 g/mol. The second-order valence-corrected chi connectivity index (χ2v) is 7.59. The summed E-state index contributed by atoms with van der Waals surface area (Å²) in [6.07, 6.45) is 4.85. The first-order valence-corrected chi connectivity index (χ1v) is 9.48. The molecule has 1 fully saturated rings. The lowest BCUT2D eigenvalue weighted by atomic mass is 9.92. The largest absolute Gasteiger partial charge is 0.505 e. The van der Waals surface area contributed by atoms with Gasteiger partial charge in [-0.25, -0.2) is 0 Å². The number of aromatic hydroxyl groups is 1. The molecule has 2 heterocycles. The van der Waals surface area contributed by atoms with Crippen molar-refractivity contribution in [1.82, 2.24) is 4.57 Å². The van der Waals surface area contributed by atoms with Crippen LogP contribution in [0.1, 0.15) is 30.9 Å². The van der Waals surface area contributed by atoms with E-state index in [1.165, 1.54) is 11.9 Å². The van der Waals surface area contributed by atoms with Crippen molar-refractivity contribution in [1.29, 1.82) is 0 Å². The number of nitrogens with zero attached hydrogens (tertiary/aromatic N) is 3. The van der Waals surface area contributed by atoms with Gasteiger partial charge in [0.05, 0.1) is 11.7 Å². The average Bonchev–Trinajstić information content (AvgIpc) is 2.63. The number of pyridine rings is 1. The molecule has 1 aliphatic carbocycles. The highest BCUT2D eigenvalue weighted by Gasteiger charge is 2.29. The molecule has 5 rings (SSSR count). The van der Waals surface area contributed by atoms with Crippen LogP contribution in [-0.4, -0.2) is 15.9 Å². The molecule has 6 heteroatoms. The molecule has 0 bridgehead atoms. The summed E-state index contributed by atoms with van der Waals surface area (Å²) in [5.74, 6) is -0.00907. The number of anilines is 1. The fraction of sp³-hybridized carbons (Fsp3) is 0.200. The fourth-order valence-electron chi connectivity index (χ4n) is 3.52. The molecule has 0 saturated heterocycles. The molecule has 5 nitrogen and oxygen atoms in total. The molecule has 2 aromatic carbocycles. The Morgan fingerprint density at radius 1 is 1.08 bits per heavy atom. The molecule has 2 aliphatic rings. The molecule has 0 unspecified atom stereocenters. The van der Waals surface area contributed by atoms with Gasteiger partial charge in [0.2, 0.25) is 0 Å². The Morgan fingerprint density at radius 2 is 1.85 bits per heavy atom. The van der Waals surface area contributed by atoms with Crippen LogP contribution >= 0.6 is 11.9 Å². The van der Waals surface area contributed by atoms with Crippen molar-refractivity contribution >= 4 is 34.8 Å². The summed E-state index contributed by atoms with van der Waals surface area (Å²) in [4.78, 5) is 14.3. The van der Waals surface area contributed by atoms with E-state index in [2.05, 4.69) is 5.10 Å². The van der Waals surface area contributed by atoms with Gasteiger partial charge in [0.15, 0.2) is 11.4 Å². The predicted molar refractivity (Wildman–Crippen MR) is 105 cm³/mol. The number of benzene rings is 2. The van der Waals surface area contributed by atoms with Gasteiger partial charge in [0, 0.05) is 33.8 Å². The highest BCUT2D eigenvalue weighted by atomic mass is 32.2. The van der Waals surface area contributed by atoms with Crippen molar-refractivity contribution in [2.24, 2.45) is 5.10 Å². The maximum atomic E-state index is 13.3. The quantitative estimate of drug-likeness (QED) is 0.690. The van der Waals surface area contributed by atoms with E-state index in [4.69, 9.17) is 0 Å². The van der Waals surface area contributed by atoms with Gasteiger partial charge in [0.1, 0.15) is 0 Å². The molecule has 0 atom stereocenters. The second-order valence-electron chi connectivity index (χ2n) is 6.62. The maximum absolute atomic E-state index is 13.3. The van der Waals surface area contributed by atoms with Crippen LogP contribution in [0.25, 0.3) is 10.9 Å². The van der Waals surface area contributed by atoms with Gasteiger partial charge < -0.3 is 9.67 Å². The Balaban J connectivity index is 1.73. The Kier molecular flexibility index (Phi) is 3.53. The van der Waals surface area contributed by atoms with Crippen LogP contribution < -0.4 is 9.97 Å². The highest BCUT2D eigenvalue weighted by Crippen LogP contribution is 2.42. The second kappa shape index (κ2) is 5.92. The summed E-state index contributed by atoms with van der Waals surface area (Å²) in [5.41, 5.74) is 1.84. The summed E-state index contributed by atoms with van der Waals surface area (Å²) >= 11 is 1.36. The van der Waals surface area contributed by atoms with Crippen molar-refractivity contribution in [2.75, 3.05) is 4.41 Å². The van der Waals surface area contributed by atoms with Crippen molar-refractivity contribution in [3.8, 4) is 5.75 Å². The molecule has 0 radical (unpaired) electrons. The zero-order valence-electron chi connectivity index (χ0n) is 14.0. The summed E-state index contributed by atoms with van der Waals surface area (Å²) in [6.45, 7) is 0. The molecule has 3 aromatic rings. The summed E-state index contributed by atoms with van der Waals surface area (Å²) in [5, 5.41) is 16.0. The number of hydrogen-bond donors (Lipinski definition) is 1. The normalized spacial score (nSPS) is 16.5. The van der Waals surface area contributed by atoms with E-state index in [-0.39, 0.29) is 23.0 Å². The topological polar surface area (TPSA) is 57.8 Å². The summed E-state index contributed by atoms with van der Waals surface area (Å²) in [6, 6.07) is 15.6. The van der Waals surface area contributed by atoms with Crippen LogP contribution in [0, 0.1) is 0 Å². The van der Waals surface area contributed by atoms with Crippen molar-refractivity contribution in [3.05, 3.63) is 64.4 Å². The number of para-hydroxylation sites is 1. The molecule has 1 saturated carbocycles. The Morgan fingerprint density at radius 3 is 2.65 bits per heavy atom. The molecule has 0 amide bonds. The first kappa shape index (κ1) is 15.5. The first-order chi connectivity index (χ1) is 12.7. The van der Waals surface area contributed by atoms with E-state index < -0.39 is 0 Å². The first-order valence-electron chi connectivity index (χ1n) is 8.71. The molecule has 0 spiro atoms. The van der Waals surface area contributed by atoms with Gasteiger partial charge in [-0.1, -0.05) is 30.3 Å². The number of hydrazone groups is 1. The van der Waals surface area contributed by atoms with E-state index >= 15 is 0 Å². The predicted octanol–water partition coefficient (Wildman–Crippen LogP) is 4.29. The van der Waals surface area contributed by atoms with E-state index in [0.717, 1.165) is 35.2 Å². The molecule has 130 valence electrons. The lowest BCUT2D eigenvalue weighted by Gasteiger charge is -2.31. The van der Waals surface area contributed by atoms with Gasteiger partial charge in [-0.15, -0.1) is 0 Å². The Labute approximate surface area is 154 Å². The number of fused-ring (bicyclic) bond motifs is 2. The molecule has 1 aliphatic heterocycles. The maximum Gasteiger partial charge on any atom is 0.281 e. The van der Waals surface area contributed by atoms with Crippen LogP contribution in [0.2, 0.25) is 0 Å². The Hall–Kier alpha value is -2.73. The molecular weight excluding hydrogens is 346 g/mol. The van der Waals surface area contributed by atoms with Crippen LogP contribution in [0.4, 0.5) is 5.69 Å². The van der Waals surface area contributed by atoms with Gasteiger partial charge >= 0.3 is 0 Å². The van der Waals surface area contributed by atoms with Crippen molar-refractivity contribution in [3.63, 3.8) is 0 Å². The van der Waals surface area contributed by atoms with Crippen LogP contribution in [0.5, 0.6) is 5.75 Å². The molecule has 26 heavy (non-hydrogen) atoms. The number of aromatic nitrogens is 1. The minimum atomic E-state index is -0.185. The summed E-state index contributed by atoms with van der Waals surface area (Å²) < 4.78 is 3.38. The minimum Gasteiger partial charge on any atom is -0.505 e. The molecule has 1 aromatic heterocycles. The lowest BCUT2D eigenvalue weighted by molar-refractivity contribution is 0.314. The van der Waals surface area contributed by atoms with E-state index in [1.54, 1.807) is 10.6 Å². The zero-order chi connectivity index (χ0) is 17.7. The average molecular weight is 363 g/mol. The standard InChI is InChI=1S/C20H17N3O2S/c24-19-15-9-2-3-10-16(15)22(14-7-5-8-14)20(25)18(19)23-21-12-13-6-1-4-11-17(13)26-23/h1-4,6,9-12,14,24H,5,7-8H2. The van der Waals surface area contributed by atoms with E-state index in [1.807, 2.05) is 53.1 Å². The van der Waals surface area contributed by atoms with Crippen LogP contribution in [0.3, 0.4) is 0 Å². The number of hydrogen-bond acceptors (Lipinski definition) is 5. The van der Waals surface area contributed by atoms with Crippen molar-refractivity contribution in [2.45, 2.75) is 30.2 Å². The SMILES string of the molecule is O=c1c(N2N=Cc3ccccc3S2)c(O)c2ccccc2n1C1CCC1. The fourth-order valence-corrected chi connectivity index (χ4v) is 4.42. The van der Waals surface area contributed by atoms with Gasteiger partial charge in [-0.05, 0) is 37.5 Å². The zero-order valence-corrected chi connectivity index (χ0v) is 14.8. The smallest absolute Gasteiger partial charge is 0.281 e. The molecule has 1 N–H and O–H groups in total. The Bertz CT molecular complexity index is 1100. The van der Waals surface area contributed by atoms with Crippen LogP contribution in [-0.2, 0) is 0 Å². The minimum absolute atomic E-state index is 0.00907. The molecular formula is C20H17N3O2S. The van der Waals surface area contributed by atoms with Crippen LogP contribution in [0.15, 0.2) is 63.3 Å². The third-order valence-electron chi connectivity index (χ3n) is 5.10. The third-order valence-corrected chi connectivity index (χ3v) is 6.12. The number of rotatable bonds is 2. The lowest BCUT2D eigenvalue weighted by Crippen LogP contribution is -2.32. The van der Waals surface area contributed by atoms with Gasteiger partial charge in [-0.3, -0.25) is 4.79 Å².